The van der Waals surface area contributed by atoms with Gasteiger partial charge in [-0.2, -0.15) is 0 Å². The molecule has 1 aliphatic rings. The monoisotopic (exact) mass is 353 g/mol. The van der Waals surface area contributed by atoms with E-state index < -0.39 is 10.8 Å². The van der Waals surface area contributed by atoms with Gasteiger partial charge in [0.15, 0.2) is 0 Å². The number of carbonyl (C=O) groups is 2. The third kappa shape index (κ3) is 3.72. The Bertz CT molecular complexity index is 848. The number of hydrogen-bond donors (Lipinski definition) is 1. The zero-order chi connectivity index (χ0) is 18.7. The van der Waals surface area contributed by atoms with E-state index in [1.165, 1.54) is 23.8 Å². The Morgan fingerprint density at radius 2 is 2.00 bits per heavy atom. The number of benzene rings is 2. The molecule has 0 saturated carbocycles. The minimum Gasteiger partial charge on any atom is -0.326 e. The number of carbonyl (C=O) groups excluding carboxylic acids is 2. The van der Waals surface area contributed by atoms with Crippen LogP contribution in [0.15, 0.2) is 48.5 Å². The highest BCUT2D eigenvalue weighted by molar-refractivity contribution is 6.03. The Labute approximate surface area is 150 Å². The molecule has 1 aliphatic heterocycles. The van der Waals surface area contributed by atoms with Crippen molar-refractivity contribution in [2.24, 2.45) is 5.92 Å². The molecular weight excluding hydrogens is 334 g/mol. The molecule has 1 fully saturated rings. The van der Waals surface area contributed by atoms with Gasteiger partial charge in [0.05, 0.1) is 10.8 Å². The highest BCUT2D eigenvalue weighted by atomic mass is 16.6. The van der Waals surface area contributed by atoms with Crippen LogP contribution < -0.4 is 10.2 Å². The second kappa shape index (κ2) is 7.35. The van der Waals surface area contributed by atoms with Crippen molar-refractivity contribution in [1.29, 1.82) is 0 Å². The lowest BCUT2D eigenvalue weighted by Gasteiger charge is -2.17. The number of nitro groups is 1. The standard InChI is InChI=1S/C19H19N3O4/c1-2-13-6-8-16(9-7-13)21-12-14(10-18(21)23)19(24)20-15-4-3-5-17(11-15)22(25)26/h3-9,11,14H,2,10,12H2,1H3,(H,20,24)/t14-/m0/s1. The number of anilines is 2. The fraction of sp³-hybridized carbons (Fsp3) is 0.263. The summed E-state index contributed by atoms with van der Waals surface area (Å²) in [5.74, 6) is -0.910. The summed E-state index contributed by atoms with van der Waals surface area (Å²) in [4.78, 5) is 36.7. The Kier molecular flexibility index (Phi) is 4.97. The molecule has 1 N–H and O–H groups in total. The smallest absolute Gasteiger partial charge is 0.271 e. The molecule has 2 aromatic carbocycles. The van der Waals surface area contributed by atoms with Crippen molar-refractivity contribution in [3.05, 3.63) is 64.2 Å². The van der Waals surface area contributed by atoms with E-state index in [1.54, 1.807) is 11.0 Å². The second-order valence-electron chi connectivity index (χ2n) is 6.22. The Morgan fingerprint density at radius 1 is 1.27 bits per heavy atom. The molecule has 0 radical (unpaired) electrons. The number of nitro benzene ring substituents is 1. The summed E-state index contributed by atoms with van der Waals surface area (Å²) in [6.07, 6.45) is 1.04. The summed E-state index contributed by atoms with van der Waals surface area (Å²) < 4.78 is 0. The van der Waals surface area contributed by atoms with Crippen molar-refractivity contribution >= 4 is 28.9 Å². The number of nitrogens with zero attached hydrogens (tertiary/aromatic N) is 2. The molecule has 0 aliphatic carbocycles. The fourth-order valence-electron chi connectivity index (χ4n) is 2.99. The van der Waals surface area contributed by atoms with Gasteiger partial charge in [0, 0.05) is 36.5 Å². The molecule has 2 aromatic rings. The fourth-order valence-corrected chi connectivity index (χ4v) is 2.99. The van der Waals surface area contributed by atoms with E-state index in [9.17, 15) is 19.7 Å². The molecule has 1 saturated heterocycles. The molecule has 7 nitrogen and oxygen atoms in total. The van der Waals surface area contributed by atoms with Crippen molar-refractivity contribution in [3.8, 4) is 0 Å². The van der Waals surface area contributed by atoms with Crippen LogP contribution >= 0.6 is 0 Å². The summed E-state index contributed by atoms with van der Waals surface area (Å²) in [5.41, 5.74) is 2.21. The van der Waals surface area contributed by atoms with Crippen molar-refractivity contribution < 1.29 is 14.5 Å². The topological polar surface area (TPSA) is 92.6 Å². The van der Waals surface area contributed by atoms with Crippen LogP contribution in [0, 0.1) is 16.0 Å². The van der Waals surface area contributed by atoms with Crippen LogP contribution in [-0.2, 0) is 16.0 Å². The van der Waals surface area contributed by atoms with Crippen LogP contribution in [0.1, 0.15) is 18.9 Å². The van der Waals surface area contributed by atoms with E-state index in [-0.39, 0.29) is 23.9 Å². The van der Waals surface area contributed by atoms with Crippen molar-refractivity contribution in [1.82, 2.24) is 0 Å². The molecule has 0 unspecified atom stereocenters. The number of hydrogen-bond acceptors (Lipinski definition) is 4. The second-order valence-corrected chi connectivity index (χ2v) is 6.22. The third-order valence-electron chi connectivity index (χ3n) is 4.48. The predicted molar refractivity (Wildman–Crippen MR) is 98.0 cm³/mol. The Balaban J connectivity index is 1.68. The van der Waals surface area contributed by atoms with Crippen molar-refractivity contribution in [2.75, 3.05) is 16.8 Å². The minimum absolute atomic E-state index is 0.0945. The normalized spacial score (nSPS) is 16.6. The maximum Gasteiger partial charge on any atom is 0.271 e. The lowest BCUT2D eigenvalue weighted by molar-refractivity contribution is -0.384. The summed E-state index contributed by atoms with van der Waals surface area (Å²) in [6.45, 7) is 2.36. The lowest BCUT2D eigenvalue weighted by Crippen LogP contribution is -2.28. The van der Waals surface area contributed by atoms with Gasteiger partial charge < -0.3 is 10.2 Å². The highest BCUT2D eigenvalue weighted by Gasteiger charge is 2.35. The molecular formula is C19H19N3O4. The molecule has 2 amide bonds. The zero-order valence-corrected chi connectivity index (χ0v) is 14.3. The van der Waals surface area contributed by atoms with E-state index >= 15 is 0 Å². The molecule has 26 heavy (non-hydrogen) atoms. The number of non-ortho nitro benzene ring substituents is 1. The lowest BCUT2D eigenvalue weighted by atomic mass is 10.1. The van der Waals surface area contributed by atoms with Crippen LogP contribution in [0.4, 0.5) is 17.1 Å². The van der Waals surface area contributed by atoms with Gasteiger partial charge in [-0.25, -0.2) is 0 Å². The number of aryl methyl sites for hydroxylation is 1. The van der Waals surface area contributed by atoms with Gasteiger partial charge in [-0.3, -0.25) is 19.7 Å². The summed E-state index contributed by atoms with van der Waals surface area (Å²) >= 11 is 0. The molecule has 0 spiro atoms. The van der Waals surface area contributed by atoms with Crippen LogP contribution in [0.2, 0.25) is 0 Å². The molecule has 1 heterocycles. The first-order chi connectivity index (χ1) is 12.5. The molecule has 3 rings (SSSR count). The van der Waals surface area contributed by atoms with Crippen molar-refractivity contribution in [2.45, 2.75) is 19.8 Å². The van der Waals surface area contributed by atoms with Gasteiger partial charge in [0.2, 0.25) is 11.8 Å². The molecule has 0 aromatic heterocycles. The Morgan fingerprint density at radius 3 is 2.65 bits per heavy atom. The van der Waals surface area contributed by atoms with Crippen LogP contribution in [0.5, 0.6) is 0 Å². The SMILES string of the molecule is CCc1ccc(N2C[C@@H](C(=O)Nc3cccc([N+](=O)[O-])c3)CC2=O)cc1. The number of nitrogens with one attached hydrogen (secondary N) is 1. The highest BCUT2D eigenvalue weighted by Crippen LogP contribution is 2.27. The number of rotatable bonds is 5. The van der Waals surface area contributed by atoms with Crippen molar-refractivity contribution in [3.63, 3.8) is 0 Å². The van der Waals surface area contributed by atoms with Gasteiger partial charge in [0.1, 0.15) is 0 Å². The molecule has 7 heteroatoms. The average Bonchev–Trinajstić information content (AvgIpc) is 3.04. The summed E-state index contributed by atoms with van der Waals surface area (Å²) in [5, 5.41) is 13.5. The van der Waals surface area contributed by atoms with E-state index in [0.717, 1.165) is 12.1 Å². The van der Waals surface area contributed by atoms with Crippen LogP contribution in [-0.4, -0.2) is 23.3 Å². The van der Waals surface area contributed by atoms with Gasteiger partial charge >= 0.3 is 0 Å². The van der Waals surface area contributed by atoms with E-state index in [2.05, 4.69) is 12.2 Å². The maximum absolute atomic E-state index is 12.5. The largest absolute Gasteiger partial charge is 0.326 e. The molecule has 1 atom stereocenters. The predicted octanol–water partition coefficient (Wildman–Crippen LogP) is 3.15. The van der Waals surface area contributed by atoms with Gasteiger partial charge in [-0.15, -0.1) is 0 Å². The van der Waals surface area contributed by atoms with Crippen LogP contribution in [0.3, 0.4) is 0 Å². The van der Waals surface area contributed by atoms with Crippen LogP contribution in [0.25, 0.3) is 0 Å². The van der Waals surface area contributed by atoms with E-state index in [4.69, 9.17) is 0 Å². The quantitative estimate of drug-likeness (QED) is 0.660. The molecule has 134 valence electrons. The van der Waals surface area contributed by atoms with Gasteiger partial charge in [-0.05, 0) is 30.2 Å². The first-order valence-corrected chi connectivity index (χ1v) is 8.42. The maximum atomic E-state index is 12.5. The van der Waals surface area contributed by atoms with E-state index in [0.29, 0.717) is 12.2 Å². The summed E-state index contributed by atoms with van der Waals surface area (Å²) in [6, 6.07) is 13.5. The van der Waals surface area contributed by atoms with Gasteiger partial charge in [-0.1, -0.05) is 25.1 Å². The first kappa shape index (κ1) is 17.6. The van der Waals surface area contributed by atoms with E-state index in [1.807, 2.05) is 24.3 Å². The average molecular weight is 353 g/mol. The summed E-state index contributed by atoms with van der Waals surface area (Å²) in [7, 11) is 0. The minimum atomic E-state index is -0.517. The number of amides is 2. The Hall–Kier alpha value is -3.22. The zero-order valence-electron chi connectivity index (χ0n) is 14.3. The third-order valence-corrected chi connectivity index (χ3v) is 4.48. The first-order valence-electron chi connectivity index (χ1n) is 8.42. The molecule has 0 bridgehead atoms. The van der Waals surface area contributed by atoms with Gasteiger partial charge in [0.25, 0.3) is 5.69 Å².